The minimum absolute atomic E-state index is 0.0656. The van der Waals surface area contributed by atoms with Gasteiger partial charge in [-0.15, -0.1) is 0 Å². The van der Waals surface area contributed by atoms with Crippen molar-refractivity contribution in [3.63, 3.8) is 0 Å². The van der Waals surface area contributed by atoms with Crippen molar-refractivity contribution in [3.05, 3.63) is 69.8 Å². The standard InChI is InChI=1S/C15H11NO3S/c17-16(18)11-5-3-4-10(8-11)14-9-15(20)12-6-1-2-7-13(12)19-14/h1-8,14H,9H2. The minimum Gasteiger partial charge on any atom is -0.485 e. The molecule has 0 N–H and O–H groups in total. The molecule has 1 aliphatic rings. The first kappa shape index (κ1) is 12.7. The average Bonchev–Trinajstić information content (AvgIpc) is 2.47. The molecule has 0 radical (unpaired) electrons. The average molecular weight is 285 g/mol. The Kier molecular flexibility index (Phi) is 3.20. The number of nitro groups is 1. The van der Waals surface area contributed by atoms with Crippen LogP contribution >= 0.6 is 12.2 Å². The highest BCUT2D eigenvalue weighted by Gasteiger charge is 2.25. The number of para-hydroxylation sites is 1. The number of nitrogens with zero attached hydrogens (tertiary/aromatic N) is 1. The lowest BCUT2D eigenvalue weighted by molar-refractivity contribution is -0.385. The van der Waals surface area contributed by atoms with E-state index in [0.717, 1.165) is 21.7 Å². The number of hydrogen-bond donors (Lipinski definition) is 0. The molecule has 0 amide bonds. The SMILES string of the molecule is O=[N+]([O-])c1cccc(C2CC(=S)c3ccccc3O2)c1. The highest BCUT2D eigenvalue weighted by atomic mass is 32.1. The number of thiocarbonyl (C=S) groups is 1. The zero-order chi connectivity index (χ0) is 14.1. The number of benzene rings is 2. The predicted molar refractivity (Wildman–Crippen MR) is 79.2 cm³/mol. The molecule has 0 bridgehead atoms. The maximum atomic E-state index is 10.8. The van der Waals surface area contributed by atoms with Crippen LogP contribution in [0.2, 0.25) is 0 Å². The lowest BCUT2D eigenvalue weighted by Gasteiger charge is -2.26. The number of ether oxygens (including phenoxy) is 1. The van der Waals surface area contributed by atoms with Gasteiger partial charge in [0, 0.05) is 29.0 Å². The van der Waals surface area contributed by atoms with E-state index in [2.05, 4.69) is 0 Å². The fraction of sp³-hybridized carbons (Fsp3) is 0.133. The summed E-state index contributed by atoms with van der Waals surface area (Å²) in [6, 6.07) is 14.1. The summed E-state index contributed by atoms with van der Waals surface area (Å²) < 4.78 is 5.91. The summed E-state index contributed by atoms with van der Waals surface area (Å²) in [6.45, 7) is 0. The Labute approximate surface area is 121 Å². The molecule has 3 rings (SSSR count). The van der Waals surface area contributed by atoms with Gasteiger partial charge in [-0.25, -0.2) is 0 Å². The van der Waals surface area contributed by atoms with Crippen molar-refractivity contribution in [1.29, 1.82) is 0 Å². The van der Waals surface area contributed by atoms with Gasteiger partial charge in [-0.05, 0) is 11.6 Å². The summed E-state index contributed by atoms with van der Waals surface area (Å²) in [4.78, 5) is 11.3. The first-order valence-electron chi connectivity index (χ1n) is 6.18. The van der Waals surface area contributed by atoms with E-state index in [-0.39, 0.29) is 11.8 Å². The fourth-order valence-corrected chi connectivity index (χ4v) is 2.62. The lowest BCUT2D eigenvalue weighted by Crippen LogP contribution is -2.19. The van der Waals surface area contributed by atoms with Crippen molar-refractivity contribution in [2.24, 2.45) is 0 Å². The summed E-state index contributed by atoms with van der Waals surface area (Å²) in [5.74, 6) is 0.736. The van der Waals surface area contributed by atoms with E-state index in [1.165, 1.54) is 6.07 Å². The van der Waals surface area contributed by atoms with E-state index in [0.29, 0.717) is 6.42 Å². The Bertz CT molecular complexity index is 699. The quantitative estimate of drug-likeness (QED) is 0.478. The summed E-state index contributed by atoms with van der Waals surface area (Å²) >= 11 is 5.41. The van der Waals surface area contributed by atoms with E-state index >= 15 is 0 Å². The molecule has 0 aromatic heterocycles. The molecule has 5 heteroatoms. The van der Waals surface area contributed by atoms with Crippen molar-refractivity contribution < 1.29 is 9.66 Å². The summed E-state index contributed by atoms with van der Waals surface area (Å²) in [7, 11) is 0. The van der Waals surface area contributed by atoms with Crippen LogP contribution in [0, 0.1) is 10.1 Å². The molecule has 0 fully saturated rings. The Morgan fingerprint density at radius 3 is 2.80 bits per heavy atom. The van der Waals surface area contributed by atoms with Gasteiger partial charge in [0.15, 0.2) is 0 Å². The first-order valence-corrected chi connectivity index (χ1v) is 6.59. The number of non-ortho nitro benzene ring substituents is 1. The van der Waals surface area contributed by atoms with Gasteiger partial charge in [-0.3, -0.25) is 10.1 Å². The third kappa shape index (κ3) is 2.28. The maximum absolute atomic E-state index is 10.8. The van der Waals surface area contributed by atoms with Crippen LogP contribution in [0.1, 0.15) is 23.7 Å². The van der Waals surface area contributed by atoms with Crippen molar-refractivity contribution >= 4 is 22.8 Å². The zero-order valence-electron chi connectivity index (χ0n) is 10.5. The molecule has 0 aliphatic carbocycles. The normalized spacial score (nSPS) is 17.2. The third-order valence-corrected chi connectivity index (χ3v) is 3.67. The van der Waals surface area contributed by atoms with Crippen LogP contribution in [0.25, 0.3) is 0 Å². The largest absolute Gasteiger partial charge is 0.485 e. The minimum atomic E-state index is -0.404. The number of rotatable bonds is 2. The number of fused-ring (bicyclic) bond motifs is 1. The van der Waals surface area contributed by atoms with E-state index in [4.69, 9.17) is 17.0 Å². The lowest BCUT2D eigenvalue weighted by atomic mass is 9.97. The molecule has 100 valence electrons. The molecule has 0 saturated heterocycles. The van der Waals surface area contributed by atoms with Crippen molar-refractivity contribution in [1.82, 2.24) is 0 Å². The molecule has 4 nitrogen and oxygen atoms in total. The van der Waals surface area contributed by atoms with Gasteiger partial charge >= 0.3 is 0 Å². The highest BCUT2D eigenvalue weighted by Crippen LogP contribution is 2.35. The highest BCUT2D eigenvalue weighted by molar-refractivity contribution is 7.80. The number of hydrogen-bond acceptors (Lipinski definition) is 4. The van der Waals surface area contributed by atoms with E-state index in [1.54, 1.807) is 12.1 Å². The van der Waals surface area contributed by atoms with Crippen LogP contribution in [0.5, 0.6) is 5.75 Å². The van der Waals surface area contributed by atoms with Crippen LogP contribution in [0.4, 0.5) is 5.69 Å². The van der Waals surface area contributed by atoms with E-state index in [1.807, 2.05) is 30.3 Å². The molecule has 0 spiro atoms. The first-order chi connectivity index (χ1) is 9.65. The molecule has 20 heavy (non-hydrogen) atoms. The topological polar surface area (TPSA) is 52.4 Å². The fourth-order valence-electron chi connectivity index (χ4n) is 2.30. The Morgan fingerprint density at radius 2 is 2.00 bits per heavy atom. The summed E-state index contributed by atoms with van der Waals surface area (Å²) in [6.07, 6.45) is 0.297. The monoisotopic (exact) mass is 285 g/mol. The molecule has 2 aromatic rings. The van der Waals surface area contributed by atoms with Crippen LogP contribution in [0.3, 0.4) is 0 Å². The van der Waals surface area contributed by atoms with Gasteiger partial charge in [0.05, 0.1) is 4.92 Å². The summed E-state index contributed by atoms with van der Waals surface area (Å²) in [5.41, 5.74) is 1.77. The Morgan fingerprint density at radius 1 is 1.20 bits per heavy atom. The predicted octanol–water partition coefficient (Wildman–Crippen LogP) is 3.84. The van der Waals surface area contributed by atoms with E-state index < -0.39 is 4.92 Å². The zero-order valence-corrected chi connectivity index (χ0v) is 11.3. The second-order valence-corrected chi connectivity index (χ2v) is 5.07. The van der Waals surface area contributed by atoms with Crippen LogP contribution < -0.4 is 4.74 Å². The molecule has 1 unspecified atom stereocenters. The van der Waals surface area contributed by atoms with Crippen molar-refractivity contribution in [2.45, 2.75) is 12.5 Å². The molecular formula is C15H11NO3S. The van der Waals surface area contributed by atoms with Gasteiger partial charge in [0.25, 0.3) is 5.69 Å². The second-order valence-electron chi connectivity index (χ2n) is 4.58. The Hall–Kier alpha value is -2.27. The van der Waals surface area contributed by atoms with Crippen molar-refractivity contribution in [2.75, 3.05) is 0 Å². The molecule has 1 atom stereocenters. The van der Waals surface area contributed by atoms with Crippen LogP contribution in [0.15, 0.2) is 48.5 Å². The molecule has 0 saturated carbocycles. The maximum Gasteiger partial charge on any atom is 0.269 e. The molecule has 2 aromatic carbocycles. The van der Waals surface area contributed by atoms with Gasteiger partial charge in [-0.1, -0.05) is 42.5 Å². The van der Waals surface area contributed by atoms with Crippen LogP contribution in [-0.2, 0) is 0 Å². The third-order valence-electron chi connectivity index (χ3n) is 3.28. The molecule has 1 heterocycles. The van der Waals surface area contributed by atoms with Crippen LogP contribution in [-0.4, -0.2) is 9.79 Å². The van der Waals surface area contributed by atoms with Gasteiger partial charge in [0.2, 0.25) is 0 Å². The summed E-state index contributed by atoms with van der Waals surface area (Å²) in [5, 5.41) is 10.8. The smallest absolute Gasteiger partial charge is 0.269 e. The Balaban J connectivity index is 1.95. The van der Waals surface area contributed by atoms with Crippen molar-refractivity contribution in [3.8, 4) is 5.75 Å². The van der Waals surface area contributed by atoms with Gasteiger partial charge in [-0.2, -0.15) is 0 Å². The molecular weight excluding hydrogens is 274 g/mol. The van der Waals surface area contributed by atoms with Gasteiger partial charge < -0.3 is 4.74 Å². The van der Waals surface area contributed by atoms with E-state index in [9.17, 15) is 10.1 Å². The second kappa shape index (κ2) is 5.02. The molecule has 1 aliphatic heterocycles. The number of nitro benzene ring substituents is 1. The van der Waals surface area contributed by atoms with Gasteiger partial charge in [0.1, 0.15) is 11.9 Å².